The Labute approximate surface area is 315 Å². The highest BCUT2D eigenvalue weighted by atomic mass is 32.1. The van der Waals surface area contributed by atoms with Crippen molar-refractivity contribution in [3.05, 3.63) is 187 Å². The molecule has 1 aliphatic rings. The summed E-state index contributed by atoms with van der Waals surface area (Å²) in [6, 6.07) is 54.8. The molecule has 0 radical (unpaired) electrons. The Morgan fingerprint density at radius 1 is 0.537 bits per heavy atom. The molecule has 1 N–H and O–H groups in total. The Morgan fingerprint density at radius 3 is 2.07 bits per heavy atom. The Kier molecular flexibility index (Phi) is 6.88. The van der Waals surface area contributed by atoms with Crippen LogP contribution >= 0.6 is 11.3 Å². The Morgan fingerprint density at radius 2 is 1.22 bits per heavy atom. The van der Waals surface area contributed by atoms with Crippen molar-refractivity contribution in [2.75, 3.05) is 0 Å². The van der Waals surface area contributed by atoms with Gasteiger partial charge in [-0.25, -0.2) is 4.99 Å². The zero-order valence-electron chi connectivity index (χ0n) is 29.1. The van der Waals surface area contributed by atoms with E-state index in [1.165, 1.54) is 74.4 Å². The lowest BCUT2D eigenvalue weighted by molar-refractivity contribution is 1.31. The van der Waals surface area contributed by atoms with Crippen LogP contribution in [0.5, 0.6) is 0 Å². The zero-order chi connectivity index (χ0) is 35.8. The van der Waals surface area contributed by atoms with Gasteiger partial charge >= 0.3 is 0 Å². The van der Waals surface area contributed by atoms with Crippen LogP contribution in [0.1, 0.15) is 5.56 Å². The third kappa shape index (κ3) is 4.67. The van der Waals surface area contributed by atoms with E-state index in [2.05, 4.69) is 138 Å². The van der Waals surface area contributed by atoms with Gasteiger partial charge < -0.3 is 5.41 Å². The molecule has 2 heterocycles. The molecule has 0 spiro atoms. The zero-order valence-corrected chi connectivity index (χ0v) is 29.9. The number of rotatable bonds is 4. The molecule has 0 saturated carbocycles. The molecule has 4 heteroatoms. The average molecular weight is 706 g/mol. The van der Waals surface area contributed by atoms with Crippen molar-refractivity contribution in [1.29, 1.82) is 5.41 Å². The summed E-state index contributed by atoms with van der Waals surface area (Å²) in [5, 5.41) is 21.1. The highest BCUT2D eigenvalue weighted by Gasteiger charge is 2.20. The van der Waals surface area contributed by atoms with Gasteiger partial charge in [0.15, 0.2) is 0 Å². The number of hydrogen-bond acceptors (Lipinski definition) is 3. The van der Waals surface area contributed by atoms with E-state index in [1.54, 1.807) is 0 Å². The second-order valence-corrected chi connectivity index (χ2v) is 15.0. The number of aliphatic imine (C=N–C) groups is 1. The molecule has 3 nitrogen and oxygen atoms in total. The van der Waals surface area contributed by atoms with E-state index in [-0.39, 0.29) is 0 Å². The molecule has 2 aromatic heterocycles. The number of hydrogen-bond donors (Lipinski definition) is 1. The minimum absolute atomic E-state index is 0.443. The van der Waals surface area contributed by atoms with E-state index in [1.807, 2.05) is 60.2 Å². The lowest BCUT2D eigenvalue weighted by Gasteiger charge is -2.13. The van der Waals surface area contributed by atoms with Crippen LogP contribution < -0.4 is 0 Å². The highest BCUT2D eigenvalue weighted by molar-refractivity contribution is 7.25. The van der Waals surface area contributed by atoms with E-state index in [0.29, 0.717) is 5.71 Å². The number of nitrogens with one attached hydrogen (secondary N) is 1. The summed E-state index contributed by atoms with van der Waals surface area (Å²) >= 11 is 1.85. The first kappa shape index (κ1) is 30.7. The van der Waals surface area contributed by atoms with Gasteiger partial charge in [-0.3, -0.25) is 4.57 Å². The first-order valence-corrected chi connectivity index (χ1v) is 19.0. The maximum Gasteiger partial charge on any atom is 0.100 e. The number of aromatic nitrogens is 1. The second-order valence-electron chi connectivity index (χ2n) is 13.9. The average Bonchev–Trinajstić information content (AvgIpc) is 3.77. The summed E-state index contributed by atoms with van der Waals surface area (Å²) in [5.74, 6) is 0. The Bertz CT molecular complexity index is 3330. The lowest BCUT2D eigenvalue weighted by Crippen LogP contribution is -2.03. The van der Waals surface area contributed by atoms with Gasteiger partial charge in [-0.15, -0.1) is 11.3 Å². The van der Waals surface area contributed by atoms with E-state index < -0.39 is 0 Å². The summed E-state index contributed by atoms with van der Waals surface area (Å²) < 4.78 is 4.90. The molecule has 0 saturated heterocycles. The Hall–Kier alpha value is -6.88. The predicted molar refractivity (Wildman–Crippen MR) is 234 cm³/mol. The SMILES string of the molecule is N=C1C=CC=C/C1=C(/N=C/n1c2ccc(-c3ccc4sc5ccccc5c4c3)cc2c2c3c4ccccc4ccc3c3ccccc3c21)c1ccccc1. The maximum atomic E-state index is 8.83. The molecular weight excluding hydrogens is 675 g/mol. The Balaban J connectivity index is 1.26. The number of fused-ring (bicyclic) bond motifs is 13. The summed E-state index contributed by atoms with van der Waals surface area (Å²) in [4.78, 5) is 5.29. The van der Waals surface area contributed by atoms with E-state index >= 15 is 0 Å². The van der Waals surface area contributed by atoms with Gasteiger partial charge in [0, 0.05) is 52.9 Å². The molecule has 0 bridgehead atoms. The molecule has 0 amide bonds. The van der Waals surface area contributed by atoms with E-state index in [9.17, 15) is 0 Å². The lowest BCUT2D eigenvalue weighted by atomic mass is 9.92. The largest absolute Gasteiger partial charge is 0.300 e. The third-order valence-corrected chi connectivity index (χ3v) is 12.0. The minimum Gasteiger partial charge on any atom is -0.300 e. The van der Waals surface area contributed by atoms with Crippen molar-refractivity contribution in [3.63, 3.8) is 0 Å². The molecule has 0 aliphatic heterocycles. The van der Waals surface area contributed by atoms with Gasteiger partial charge in [0.2, 0.25) is 0 Å². The second kappa shape index (κ2) is 12.1. The topological polar surface area (TPSA) is 41.1 Å². The molecule has 10 aromatic rings. The minimum atomic E-state index is 0.443. The molecule has 0 fully saturated rings. The fourth-order valence-corrected chi connectivity index (χ4v) is 9.51. The number of thiophene rings is 1. The van der Waals surface area contributed by atoms with Crippen LogP contribution in [0.2, 0.25) is 0 Å². The van der Waals surface area contributed by atoms with Crippen molar-refractivity contribution >= 4 is 103 Å². The molecule has 252 valence electrons. The number of allylic oxidation sites excluding steroid dienone is 5. The molecule has 54 heavy (non-hydrogen) atoms. The van der Waals surface area contributed by atoms with Crippen LogP contribution in [0.15, 0.2) is 187 Å². The number of benzene rings is 8. The summed E-state index contributed by atoms with van der Waals surface area (Å²) in [5.41, 5.74) is 7.54. The van der Waals surface area contributed by atoms with Crippen LogP contribution in [0.4, 0.5) is 0 Å². The quantitative estimate of drug-likeness (QED) is 0.108. The normalized spacial score (nSPS) is 14.3. The van der Waals surface area contributed by atoms with Gasteiger partial charge in [-0.1, -0.05) is 140 Å². The smallest absolute Gasteiger partial charge is 0.100 e. The van der Waals surface area contributed by atoms with Crippen molar-refractivity contribution in [1.82, 2.24) is 4.57 Å². The van der Waals surface area contributed by atoms with Crippen molar-refractivity contribution in [2.24, 2.45) is 4.99 Å². The van der Waals surface area contributed by atoms with Crippen LogP contribution in [0, 0.1) is 5.41 Å². The van der Waals surface area contributed by atoms with Gasteiger partial charge in [0.25, 0.3) is 0 Å². The van der Waals surface area contributed by atoms with Gasteiger partial charge in [0.1, 0.15) is 6.34 Å². The molecule has 0 unspecified atom stereocenters. The van der Waals surface area contributed by atoms with E-state index in [0.717, 1.165) is 27.9 Å². The molecule has 11 rings (SSSR count). The first-order valence-electron chi connectivity index (χ1n) is 18.2. The van der Waals surface area contributed by atoms with Crippen LogP contribution in [-0.2, 0) is 0 Å². The molecule has 0 atom stereocenters. The third-order valence-electron chi connectivity index (χ3n) is 10.9. The predicted octanol–water partition coefficient (Wildman–Crippen LogP) is 13.7. The van der Waals surface area contributed by atoms with Gasteiger partial charge in [-0.05, 0) is 69.1 Å². The fraction of sp³-hybridized carbons (Fsp3) is 0. The van der Waals surface area contributed by atoms with Crippen molar-refractivity contribution < 1.29 is 0 Å². The summed E-state index contributed by atoms with van der Waals surface area (Å²) in [7, 11) is 0. The van der Waals surface area contributed by atoms with Crippen molar-refractivity contribution in [2.45, 2.75) is 0 Å². The molecule has 1 aliphatic carbocycles. The van der Waals surface area contributed by atoms with Crippen LogP contribution in [0.3, 0.4) is 0 Å². The first-order chi connectivity index (χ1) is 26.7. The molecular formula is C50H31N3S. The standard InChI is InChI=1S/C50H31N3S/c51-43-20-10-8-19-40(43)49(32-13-2-1-3-14-32)52-30-53-44-26-23-33(34-24-27-46-41(28-34)37-17-9-11-21-45(37)54-46)29-42(44)48-47-35-15-5-4-12-31(35)22-25-38(47)36-16-6-7-18-39(36)50(48)53/h1-30,51H/b49-40-,51-43?,52-30+. The van der Waals surface area contributed by atoms with E-state index in [4.69, 9.17) is 10.4 Å². The van der Waals surface area contributed by atoms with Crippen LogP contribution in [0.25, 0.3) is 91.1 Å². The summed E-state index contributed by atoms with van der Waals surface area (Å²) in [6.07, 6.45) is 9.68. The maximum absolute atomic E-state index is 8.83. The monoisotopic (exact) mass is 705 g/mol. The van der Waals surface area contributed by atoms with Crippen molar-refractivity contribution in [3.8, 4) is 11.1 Å². The van der Waals surface area contributed by atoms with Gasteiger partial charge in [-0.2, -0.15) is 0 Å². The summed E-state index contributed by atoms with van der Waals surface area (Å²) in [6.45, 7) is 0. The number of nitrogens with zero attached hydrogens (tertiary/aromatic N) is 2. The van der Waals surface area contributed by atoms with Crippen LogP contribution in [-0.4, -0.2) is 16.6 Å². The highest BCUT2D eigenvalue weighted by Crippen LogP contribution is 2.45. The fourth-order valence-electron chi connectivity index (χ4n) is 8.43. The van der Waals surface area contributed by atoms with Gasteiger partial charge in [0.05, 0.1) is 22.4 Å². The molecule has 8 aromatic carbocycles.